The Bertz CT molecular complexity index is 2850. The molecule has 10 aromatic rings. The number of thiophene rings is 1. The van der Waals surface area contributed by atoms with E-state index >= 15 is 0 Å². The zero-order valence-corrected chi connectivity index (χ0v) is 27.3. The van der Waals surface area contributed by atoms with Gasteiger partial charge in [-0.2, -0.15) is 0 Å². The summed E-state index contributed by atoms with van der Waals surface area (Å²) in [6, 6.07) is 63.2. The molecule has 49 heavy (non-hydrogen) atoms. The zero-order chi connectivity index (χ0) is 32.3. The molecular weight excluding hydrogens is 615 g/mol. The summed E-state index contributed by atoms with van der Waals surface area (Å²) in [6.07, 6.45) is 0. The average Bonchev–Trinajstić information content (AvgIpc) is 3.74. The molecule has 0 bridgehead atoms. The normalized spacial score (nSPS) is 11.7. The Morgan fingerprint density at radius 1 is 0.429 bits per heavy atom. The Kier molecular flexibility index (Phi) is 6.39. The van der Waals surface area contributed by atoms with Crippen molar-refractivity contribution in [1.29, 1.82) is 0 Å². The van der Waals surface area contributed by atoms with Gasteiger partial charge in [0, 0.05) is 36.8 Å². The fourth-order valence-electron chi connectivity index (χ4n) is 7.49. The topological polar surface area (TPSA) is 16.4 Å². The van der Waals surface area contributed by atoms with Crippen molar-refractivity contribution in [3.63, 3.8) is 0 Å². The lowest BCUT2D eigenvalue weighted by Crippen LogP contribution is -2.11. The molecule has 8 aromatic carbocycles. The van der Waals surface area contributed by atoms with Crippen LogP contribution in [-0.2, 0) is 0 Å². The molecule has 0 atom stereocenters. The van der Waals surface area contributed by atoms with Crippen LogP contribution in [0.15, 0.2) is 180 Å². The van der Waals surface area contributed by atoms with Crippen LogP contribution in [0.1, 0.15) is 0 Å². The van der Waals surface area contributed by atoms with E-state index in [4.69, 9.17) is 4.42 Å². The summed E-state index contributed by atoms with van der Waals surface area (Å²) < 4.78 is 9.05. The van der Waals surface area contributed by atoms with Crippen LogP contribution < -0.4 is 4.90 Å². The van der Waals surface area contributed by atoms with Crippen LogP contribution in [0.2, 0.25) is 0 Å². The highest BCUT2D eigenvalue weighted by molar-refractivity contribution is 7.26. The van der Waals surface area contributed by atoms with Crippen LogP contribution in [0.25, 0.3) is 75.1 Å². The van der Waals surface area contributed by atoms with Gasteiger partial charge >= 0.3 is 0 Å². The van der Waals surface area contributed by atoms with Crippen molar-refractivity contribution in [3.8, 4) is 22.3 Å². The molecule has 0 spiro atoms. The number of fused-ring (bicyclic) bond motifs is 7. The summed E-state index contributed by atoms with van der Waals surface area (Å²) in [6.45, 7) is 0. The number of benzene rings is 8. The first-order valence-electron chi connectivity index (χ1n) is 16.6. The minimum absolute atomic E-state index is 0.873. The molecule has 0 aliphatic carbocycles. The first kappa shape index (κ1) is 27.9. The molecule has 0 aliphatic heterocycles. The van der Waals surface area contributed by atoms with Crippen molar-refractivity contribution in [1.82, 2.24) is 0 Å². The standard InChI is InChI=1S/C46H29NOS/c1-2-17-33-30(13-1)14-10-22-35(33)36-18-3-6-24-40(36)47(41-25-12-27-43-45(41)39-20-4-7-26-42(39)48-43)32-16-9-15-31(29-32)34-21-11-23-38-37-19-5-8-28-44(37)49-46(34)38/h1-29H. The second-order valence-electron chi connectivity index (χ2n) is 12.5. The van der Waals surface area contributed by atoms with Gasteiger partial charge in [-0.15, -0.1) is 11.3 Å². The van der Waals surface area contributed by atoms with Gasteiger partial charge in [-0.05, 0) is 69.9 Å². The van der Waals surface area contributed by atoms with E-state index in [9.17, 15) is 0 Å². The van der Waals surface area contributed by atoms with Crippen LogP contribution in [-0.4, -0.2) is 0 Å². The molecule has 0 saturated carbocycles. The SMILES string of the molecule is c1cc(-c2cccc3c2sc2ccccc23)cc(N(c2ccccc2-c2cccc3ccccc23)c2cccc3oc4ccccc4c23)c1. The molecule has 0 saturated heterocycles. The highest BCUT2D eigenvalue weighted by atomic mass is 32.1. The van der Waals surface area contributed by atoms with Crippen LogP contribution in [0.4, 0.5) is 17.1 Å². The summed E-state index contributed by atoms with van der Waals surface area (Å²) in [5.41, 5.74) is 9.83. The molecule has 0 fully saturated rings. The predicted octanol–water partition coefficient (Wildman–Crippen LogP) is 13.9. The van der Waals surface area contributed by atoms with Crippen molar-refractivity contribution >= 4 is 81.3 Å². The van der Waals surface area contributed by atoms with E-state index in [0.717, 1.165) is 39.0 Å². The molecule has 0 unspecified atom stereocenters. The van der Waals surface area contributed by atoms with E-state index in [1.807, 2.05) is 17.4 Å². The number of para-hydroxylation sites is 2. The lowest BCUT2D eigenvalue weighted by Gasteiger charge is -2.29. The molecule has 2 heterocycles. The Balaban J connectivity index is 1.26. The summed E-state index contributed by atoms with van der Waals surface area (Å²) in [5, 5.41) is 7.27. The first-order valence-corrected chi connectivity index (χ1v) is 17.4. The van der Waals surface area contributed by atoms with Crippen molar-refractivity contribution in [2.45, 2.75) is 0 Å². The lowest BCUT2D eigenvalue weighted by molar-refractivity contribution is 0.669. The van der Waals surface area contributed by atoms with Gasteiger partial charge in [0.1, 0.15) is 11.2 Å². The van der Waals surface area contributed by atoms with E-state index < -0.39 is 0 Å². The van der Waals surface area contributed by atoms with Gasteiger partial charge in [0.15, 0.2) is 0 Å². The van der Waals surface area contributed by atoms with Gasteiger partial charge in [-0.3, -0.25) is 0 Å². The number of rotatable bonds is 5. The third kappa shape index (κ3) is 4.47. The number of anilines is 3. The summed E-state index contributed by atoms with van der Waals surface area (Å²) in [7, 11) is 0. The predicted molar refractivity (Wildman–Crippen MR) is 210 cm³/mol. The Hall–Kier alpha value is -6.16. The average molecular weight is 644 g/mol. The van der Waals surface area contributed by atoms with Crippen LogP contribution in [0, 0.1) is 0 Å². The Morgan fingerprint density at radius 3 is 2.02 bits per heavy atom. The summed E-state index contributed by atoms with van der Waals surface area (Å²) >= 11 is 1.87. The fourth-order valence-corrected chi connectivity index (χ4v) is 8.73. The largest absolute Gasteiger partial charge is 0.456 e. The van der Waals surface area contributed by atoms with Gasteiger partial charge in [0.2, 0.25) is 0 Å². The minimum atomic E-state index is 0.873. The Morgan fingerprint density at radius 2 is 1.06 bits per heavy atom. The molecule has 0 N–H and O–H groups in total. The van der Waals surface area contributed by atoms with Gasteiger partial charge in [0.25, 0.3) is 0 Å². The molecule has 230 valence electrons. The van der Waals surface area contributed by atoms with Crippen molar-refractivity contribution < 1.29 is 4.42 Å². The molecule has 2 nitrogen and oxygen atoms in total. The van der Waals surface area contributed by atoms with Gasteiger partial charge < -0.3 is 9.32 Å². The highest BCUT2D eigenvalue weighted by Crippen LogP contribution is 2.48. The van der Waals surface area contributed by atoms with Gasteiger partial charge in [-0.25, -0.2) is 0 Å². The van der Waals surface area contributed by atoms with Crippen LogP contribution >= 0.6 is 11.3 Å². The molecule has 2 aromatic heterocycles. The highest BCUT2D eigenvalue weighted by Gasteiger charge is 2.23. The molecule has 0 radical (unpaired) electrons. The monoisotopic (exact) mass is 643 g/mol. The maximum absolute atomic E-state index is 6.43. The lowest BCUT2D eigenvalue weighted by atomic mass is 9.95. The first-order chi connectivity index (χ1) is 24.3. The van der Waals surface area contributed by atoms with Crippen LogP contribution in [0.5, 0.6) is 0 Å². The number of furan rings is 1. The molecule has 3 heteroatoms. The quantitative estimate of drug-likeness (QED) is 0.186. The third-order valence-electron chi connectivity index (χ3n) is 9.67. The maximum Gasteiger partial charge on any atom is 0.137 e. The van der Waals surface area contributed by atoms with Crippen molar-refractivity contribution in [3.05, 3.63) is 176 Å². The van der Waals surface area contributed by atoms with E-state index in [1.54, 1.807) is 0 Å². The maximum atomic E-state index is 6.43. The third-order valence-corrected chi connectivity index (χ3v) is 10.9. The van der Waals surface area contributed by atoms with Gasteiger partial charge in [-0.1, -0.05) is 133 Å². The van der Waals surface area contributed by atoms with Crippen molar-refractivity contribution in [2.75, 3.05) is 4.90 Å². The second kappa shape index (κ2) is 11.2. The van der Waals surface area contributed by atoms with Crippen molar-refractivity contribution in [2.24, 2.45) is 0 Å². The van der Waals surface area contributed by atoms with E-state index in [0.29, 0.717) is 0 Å². The molecule has 10 rings (SSSR count). The van der Waals surface area contributed by atoms with E-state index in [-0.39, 0.29) is 0 Å². The molecule has 0 amide bonds. The van der Waals surface area contributed by atoms with E-state index in [1.165, 1.54) is 53.2 Å². The van der Waals surface area contributed by atoms with Crippen LogP contribution in [0.3, 0.4) is 0 Å². The second-order valence-corrected chi connectivity index (χ2v) is 13.5. The zero-order valence-electron chi connectivity index (χ0n) is 26.5. The number of hydrogen-bond donors (Lipinski definition) is 0. The summed E-state index contributed by atoms with van der Waals surface area (Å²) in [4.78, 5) is 2.43. The smallest absolute Gasteiger partial charge is 0.137 e. The summed E-state index contributed by atoms with van der Waals surface area (Å²) in [5.74, 6) is 0. The molecular formula is C46H29NOS. The van der Waals surface area contributed by atoms with E-state index in [2.05, 4.69) is 175 Å². The number of hydrogen-bond acceptors (Lipinski definition) is 3. The minimum Gasteiger partial charge on any atom is -0.456 e. The molecule has 0 aliphatic rings. The number of nitrogens with zero attached hydrogens (tertiary/aromatic N) is 1. The fraction of sp³-hybridized carbons (Fsp3) is 0. The Labute approximate surface area is 287 Å². The van der Waals surface area contributed by atoms with Gasteiger partial charge in [0.05, 0.1) is 16.8 Å².